The number of hydrazine groups is 1. The van der Waals surface area contributed by atoms with Crippen molar-refractivity contribution in [3.63, 3.8) is 0 Å². The third-order valence-corrected chi connectivity index (χ3v) is 2.70. The van der Waals surface area contributed by atoms with Crippen molar-refractivity contribution in [3.05, 3.63) is 29.8 Å². The molecular weight excluding hydrogens is 256 g/mol. The van der Waals surface area contributed by atoms with E-state index in [2.05, 4.69) is 12.3 Å². The fraction of sp³-hybridized carbons (Fsp3) is 0.467. The van der Waals surface area contributed by atoms with Gasteiger partial charge in [-0.2, -0.15) is 0 Å². The van der Waals surface area contributed by atoms with Gasteiger partial charge in [-0.1, -0.05) is 25.5 Å². The molecule has 2 amide bonds. The van der Waals surface area contributed by atoms with Gasteiger partial charge in [0.1, 0.15) is 5.75 Å². The fourth-order valence-corrected chi connectivity index (χ4v) is 1.63. The van der Waals surface area contributed by atoms with E-state index < -0.39 is 0 Å². The maximum atomic E-state index is 11.4. The highest BCUT2D eigenvalue weighted by atomic mass is 16.5. The number of nitrogens with one attached hydrogen (secondary N) is 1. The van der Waals surface area contributed by atoms with Crippen molar-refractivity contribution < 1.29 is 14.3 Å². The lowest BCUT2D eigenvalue weighted by molar-refractivity contribution is -0.139. The Balaban J connectivity index is 2.58. The summed E-state index contributed by atoms with van der Waals surface area (Å²) >= 11 is 0. The van der Waals surface area contributed by atoms with Crippen LogP contribution in [0.15, 0.2) is 24.3 Å². The zero-order valence-electron chi connectivity index (χ0n) is 12.3. The van der Waals surface area contributed by atoms with Crippen molar-refractivity contribution in [1.29, 1.82) is 0 Å². The molecule has 0 fully saturated rings. The van der Waals surface area contributed by atoms with Gasteiger partial charge in [0.2, 0.25) is 11.8 Å². The molecule has 0 saturated carbocycles. The Morgan fingerprint density at radius 2 is 1.85 bits per heavy atom. The summed E-state index contributed by atoms with van der Waals surface area (Å²) in [6.07, 6.45) is 2.13. The van der Waals surface area contributed by atoms with Crippen LogP contribution in [0.5, 0.6) is 5.75 Å². The van der Waals surface area contributed by atoms with Crippen LogP contribution in [-0.4, -0.2) is 23.4 Å². The first-order valence-electron chi connectivity index (χ1n) is 6.80. The Kier molecular flexibility index (Phi) is 6.56. The van der Waals surface area contributed by atoms with Gasteiger partial charge in [-0.25, -0.2) is 5.01 Å². The number of hydrogen-bond donors (Lipinski definition) is 1. The lowest BCUT2D eigenvalue weighted by Gasteiger charge is -2.21. The molecule has 20 heavy (non-hydrogen) atoms. The molecule has 0 spiro atoms. The van der Waals surface area contributed by atoms with E-state index in [1.807, 2.05) is 24.3 Å². The molecule has 1 rings (SSSR count). The number of amides is 2. The molecule has 0 aromatic heterocycles. The molecule has 0 aliphatic carbocycles. The quantitative estimate of drug-likeness (QED) is 0.641. The monoisotopic (exact) mass is 278 g/mol. The number of ether oxygens (including phenoxy) is 1. The summed E-state index contributed by atoms with van der Waals surface area (Å²) in [5.74, 6) is 0.347. The van der Waals surface area contributed by atoms with E-state index in [-0.39, 0.29) is 11.8 Å². The molecule has 0 bridgehead atoms. The van der Waals surface area contributed by atoms with Gasteiger partial charge in [0, 0.05) is 13.8 Å². The average Bonchev–Trinajstić information content (AvgIpc) is 2.39. The van der Waals surface area contributed by atoms with Gasteiger partial charge in [-0.05, 0) is 24.1 Å². The number of nitrogens with zero attached hydrogens (tertiary/aromatic N) is 1. The molecule has 0 aliphatic rings. The molecule has 0 atom stereocenters. The zero-order chi connectivity index (χ0) is 15.0. The minimum absolute atomic E-state index is 0.205. The number of carbonyl (C=O) groups excluding carboxylic acids is 2. The van der Waals surface area contributed by atoms with E-state index in [9.17, 15) is 9.59 Å². The lowest BCUT2D eigenvalue weighted by atomic mass is 10.2. The number of benzene rings is 1. The zero-order valence-corrected chi connectivity index (χ0v) is 12.3. The van der Waals surface area contributed by atoms with Crippen LogP contribution < -0.4 is 10.2 Å². The van der Waals surface area contributed by atoms with E-state index in [4.69, 9.17) is 4.74 Å². The molecule has 5 nitrogen and oxygen atoms in total. The minimum atomic E-state index is -0.264. The third kappa shape index (κ3) is 5.73. The summed E-state index contributed by atoms with van der Waals surface area (Å²) < 4.78 is 5.57. The molecule has 0 heterocycles. The maximum absolute atomic E-state index is 11.4. The van der Waals surface area contributed by atoms with E-state index in [1.165, 1.54) is 18.9 Å². The first kappa shape index (κ1) is 16.0. The third-order valence-electron chi connectivity index (χ3n) is 2.70. The van der Waals surface area contributed by atoms with Crippen molar-refractivity contribution in [1.82, 2.24) is 10.4 Å². The number of unbranched alkanes of at least 4 members (excludes halogenated alkanes) is 1. The van der Waals surface area contributed by atoms with Crippen LogP contribution >= 0.6 is 0 Å². The molecule has 5 heteroatoms. The molecule has 110 valence electrons. The summed E-state index contributed by atoms with van der Waals surface area (Å²) in [6.45, 7) is 5.95. The minimum Gasteiger partial charge on any atom is -0.494 e. The smallest absolute Gasteiger partial charge is 0.238 e. The van der Waals surface area contributed by atoms with Gasteiger partial charge >= 0.3 is 0 Å². The largest absolute Gasteiger partial charge is 0.494 e. The summed E-state index contributed by atoms with van der Waals surface area (Å²) in [6, 6.07) is 7.52. The Labute approximate surface area is 119 Å². The van der Waals surface area contributed by atoms with E-state index in [0.29, 0.717) is 13.2 Å². The van der Waals surface area contributed by atoms with Crippen molar-refractivity contribution >= 4 is 11.8 Å². The van der Waals surface area contributed by atoms with Gasteiger partial charge in [-0.3, -0.25) is 15.0 Å². The highest BCUT2D eigenvalue weighted by Gasteiger charge is 2.10. The van der Waals surface area contributed by atoms with Gasteiger partial charge in [0.15, 0.2) is 0 Å². The van der Waals surface area contributed by atoms with Gasteiger partial charge in [0.05, 0.1) is 13.2 Å². The second kappa shape index (κ2) is 8.19. The number of rotatable bonds is 6. The number of carbonyl (C=O) groups is 2. The second-order valence-corrected chi connectivity index (χ2v) is 4.62. The van der Waals surface area contributed by atoms with Crippen molar-refractivity contribution in [2.75, 3.05) is 6.61 Å². The first-order chi connectivity index (χ1) is 9.52. The predicted octanol–water partition coefficient (Wildman–Crippen LogP) is 2.27. The van der Waals surface area contributed by atoms with Crippen LogP contribution in [0.4, 0.5) is 0 Å². The predicted molar refractivity (Wildman–Crippen MR) is 76.9 cm³/mol. The Morgan fingerprint density at radius 1 is 1.20 bits per heavy atom. The van der Waals surface area contributed by atoms with Crippen LogP contribution in [0.2, 0.25) is 0 Å². The molecule has 1 aromatic carbocycles. The Hall–Kier alpha value is -2.04. The molecule has 0 saturated heterocycles. The van der Waals surface area contributed by atoms with Crippen LogP contribution in [-0.2, 0) is 16.1 Å². The standard InChI is InChI=1S/C15H22N2O3/c1-4-5-10-20-15-8-6-14(7-9-15)11-17(13(3)19)16-12(2)18/h6-9H,4-5,10-11H2,1-3H3,(H,16,18). The van der Waals surface area contributed by atoms with E-state index in [1.54, 1.807) is 0 Å². The number of hydrogen-bond acceptors (Lipinski definition) is 3. The van der Waals surface area contributed by atoms with Crippen LogP contribution in [0.3, 0.4) is 0 Å². The topological polar surface area (TPSA) is 58.6 Å². The van der Waals surface area contributed by atoms with Crippen molar-refractivity contribution in [3.8, 4) is 5.75 Å². The average molecular weight is 278 g/mol. The molecule has 0 unspecified atom stereocenters. The van der Waals surface area contributed by atoms with Crippen LogP contribution in [0.25, 0.3) is 0 Å². The normalized spacial score (nSPS) is 9.95. The van der Waals surface area contributed by atoms with Gasteiger partial charge < -0.3 is 4.74 Å². The Bertz CT molecular complexity index is 443. The fourth-order valence-electron chi connectivity index (χ4n) is 1.63. The maximum Gasteiger partial charge on any atom is 0.238 e. The summed E-state index contributed by atoms with van der Waals surface area (Å²) in [5, 5.41) is 1.29. The molecular formula is C15H22N2O3. The highest BCUT2D eigenvalue weighted by molar-refractivity contribution is 5.79. The van der Waals surface area contributed by atoms with Gasteiger partial charge in [0.25, 0.3) is 0 Å². The summed E-state index contributed by atoms with van der Waals surface area (Å²) in [4.78, 5) is 22.4. The summed E-state index contributed by atoms with van der Waals surface area (Å²) in [7, 11) is 0. The molecule has 0 radical (unpaired) electrons. The van der Waals surface area contributed by atoms with Crippen LogP contribution in [0.1, 0.15) is 39.2 Å². The van der Waals surface area contributed by atoms with E-state index >= 15 is 0 Å². The second-order valence-electron chi connectivity index (χ2n) is 4.62. The van der Waals surface area contributed by atoms with Crippen molar-refractivity contribution in [2.24, 2.45) is 0 Å². The summed E-state index contributed by atoms with van der Waals surface area (Å²) in [5.41, 5.74) is 3.43. The van der Waals surface area contributed by atoms with Crippen molar-refractivity contribution in [2.45, 2.75) is 40.2 Å². The van der Waals surface area contributed by atoms with Crippen LogP contribution in [0, 0.1) is 0 Å². The first-order valence-corrected chi connectivity index (χ1v) is 6.80. The Morgan fingerprint density at radius 3 is 2.35 bits per heavy atom. The van der Waals surface area contributed by atoms with Gasteiger partial charge in [-0.15, -0.1) is 0 Å². The SMILES string of the molecule is CCCCOc1ccc(CN(NC(C)=O)C(C)=O)cc1. The van der Waals surface area contributed by atoms with E-state index in [0.717, 1.165) is 24.2 Å². The molecule has 0 aliphatic heterocycles. The highest BCUT2D eigenvalue weighted by Crippen LogP contribution is 2.13. The lowest BCUT2D eigenvalue weighted by Crippen LogP contribution is -2.43. The molecule has 1 aromatic rings. The molecule has 1 N–H and O–H groups in total.